The normalized spacial score (nSPS) is 11.8. The largest absolute Gasteiger partial charge is 0.462 e. The lowest BCUT2D eigenvalue weighted by molar-refractivity contribution is -0.140. The Morgan fingerprint density at radius 1 is 1.08 bits per heavy atom. The number of alkyl halides is 3. The van der Waals surface area contributed by atoms with Crippen molar-refractivity contribution in [2.75, 3.05) is 6.61 Å². The Labute approximate surface area is 207 Å². The summed E-state index contributed by atoms with van der Waals surface area (Å²) in [5.41, 5.74) is -3.47. The van der Waals surface area contributed by atoms with Gasteiger partial charge in [-0.2, -0.15) is 13.2 Å². The highest BCUT2D eigenvalue weighted by atomic mass is 19.4. The highest BCUT2D eigenvalue weighted by Gasteiger charge is 2.37. The molecule has 2 heterocycles. The molecule has 4 aromatic rings. The van der Waals surface area contributed by atoms with E-state index in [2.05, 4.69) is 4.98 Å². The lowest BCUT2D eigenvalue weighted by Gasteiger charge is -2.16. The highest BCUT2D eigenvalue weighted by molar-refractivity contribution is 5.88. The molecule has 12 heteroatoms. The van der Waals surface area contributed by atoms with Gasteiger partial charge in [0.15, 0.2) is 0 Å². The maximum atomic E-state index is 14.1. The van der Waals surface area contributed by atoms with E-state index in [0.717, 1.165) is 34.2 Å². The maximum absolute atomic E-state index is 14.1. The number of carbonyl (C=O) groups is 1. The van der Waals surface area contributed by atoms with Crippen LogP contribution < -0.4 is 11.2 Å². The van der Waals surface area contributed by atoms with Crippen molar-refractivity contribution in [1.29, 1.82) is 0 Å². The van der Waals surface area contributed by atoms with E-state index in [1.807, 2.05) is 18.4 Å². The summed E-state index contributed by atoms with van der Waals surface area (Å²) >= 11 is 0. The van der Waals surface area contributed by atoms with Gasteiger partial charge in [0.1, 0.15) is 17.2 Å². The average Bonchev–Trinajstić information content (AvgIpc) is 3.15. The minimum atomic E-state index is -5.08. The molecule has 0 bridgehead atoms. The molecule has 0 saturated carbocycles. The van der Waals surface area contributed by atoms with Crippen molar-refractivity contribution >= 4 is 17.0 Å². The van der Waals surface area contributed by atoms with E-state index in [-0.39, 0.29) is 12.3 Å². The van der Waals surface area contributed by atoms with Crippen molar-refractivity contribution in [1.82, 2.24) is 18.7 Å². The van der Waals surface area contributed by atoms with Gasteiger partial charge in [-0.1, -0.05) is 12.1 Å². The first-order valence-corrected chi connectivity index (χ1v) is 11.3. The maximum Gasteiger partial charge on any atom is 0.419 e. The van der Waals surface area contributed by atoms with Crippen molar-refractivity contribution in [3.8, 4) is 5.69 Å². The van der Waals surface area contributed by atoms with Crippen molar-refractivity contribution in [3.63, 3.8) is 0 Å². The predicted octanol–water partition coefficient (Wildman–Crippen LogP) is 4.06. The fraction of sp³-hybridized carbons (Fsp3) is 0.280. The van der Waals surface area contributed by atoms with Crippen LogP contribution in [-0.4, -0.2) is 31.3 Å². The minimum Gasteiger partial charge on any atom is -0.462 e. The lowest BCUT2D eigenvalue weighted by Crippen LogP contribution is -2.42. The van der Waals surface area contributed by atoms with Gasteiger partial charge in [0, 0.05) is 12.7 Å². The number of nitrogens with zero attached hydrogens (tertiary/aromatic N) is 4. The number of esters is 1. The van der Waals surface area contributed by atoms with Crippen LogP contribution in [0.5, 0.6) is 0 Å². The molecule has 0 aliphatic rings. The molecule has 194 valence electrons. The first-order chi connectivity index (χ1) is 17.5. The van der Waals surface area contributed by atoms with Crippen molar-refractivity contribution in [2.45, 2.75) is 40.0 Å². The molecule has 0 aliphatic heterocycles. The second kappa shape index (κ2) is 9.68. The van der Waals surface area contributed by atoms with Gasteiger partial charge in [0.2, 0.25) is 0 Å². The highest BCUT2D eigenvalue weighted by Crippen LogP contribution is 2.34. The van der Waals surface area contributed by atoms with Gasteiger partial charge in [0.05, 0.1) is 35.4 Å². The van der Waals surface area contributed by atoms with E-state index < -0.39 is 52.4 Å². The smallest absolute Gasteiger partial charge is 0.419 e. The summed E-state index contributed by atoms with van der Waals surface area (Å²) in [6, 6.07) is 7.46. The van der Waals surface area contributed by atoms with Gasteiger partial charge in [-0.05, 0) is 50.6 Å². The summed E-state index contributed by atoms with van der Waals surface area (Å²) in [7, 11) is 0. The van der Waals surface area contributed by atoms with Crippen LogP contribution >= 0.6 is 0 Å². The Bertz CT molecular complexity index is 1630. The summed E-state index contributed by atoms with van der Waals surface area (Å²) in [6.45, 7) is 4.90. The van der Waals surface area contributed by atoms with Crippen molar-refractivity contribution < 1.29 is 27.1 Å². The van der Waals surface area contributed by atoms with Gasteiger partial charge >= 0.3 is 17.8 Å². The number of imidazole rings is 1. The van der Waals surface area contributed by atoms with Crippen LogP contribution in [0.15, 0.2) is 52.2 Å². The minimum absolute atomic E-state index is 0.0841. The molecule has 0 amide bonds. The van der Waals surface area contributed by atoms with Crippen LogP contribution in [0.3, 0.4) is 0 Å². The first-order valence-electron chi connectivity index (χ1n) is 11.3. The molecule has 8 nitrogen and oxygen atoms in total. The number of halogens is 4. The third-order valence-electron chi connectivity index (χ3n) is 5.90. The lowest BCUT2D eigenvalue weighted by atomic mass is 10.1. The van der Waals surface area contributed by atoms with Gasteiger partial charge in [0.25, 0.3) is 5.56 Å². The summed E-state index contributed by atoms with van der Waals surface area (Å²) in [4.78, 5) is 43.5. The van der Waals surface area contributed by atoms with E-state index >= 15 is 0 Å². The van der Waals surface area contributed by atoms with Gasteiger partial charge in [-0.15, -0.1) is 0 Å². The molecule has 0 aliphatic carbocycles. The van der Waals surface area contributed by atoms with Crippen LogP contribution in [0.1, 0.15) is 41.2 Å². The summed E-state index contributed by atoms with van der Waals surface area (Å²) in [5, 5.41) is 0. The average molecular weight is 518 g/mol. The number of hydrogen-bond acceptors (Lipinski definition) is 5. The SMILES string of the molecule is CCOC(=O)c1cn(-c2ccc3c(c2)nc(C)n3CC)c(=O)n(Cc2cccc(F)c2C(F)(F)F)c1=O. The number of hydrogen-bond donors (Lipinski definition) is 0. The molecule has 37 heavy (non-hydrogen) atoms. The third kappa shape index (κ3) is 4.66. The molecule has 4 rings (SSSR count). The number of ether oxygens (including phenoxy) is 1. The molecule has 2 aromatic heterocycles. The molecule has 0 atom stereocenters. The standard InChI is InChI=1S/C25H22F4N4O4/c1-4-31-14(3)30-19-11-16(9-10-20(19)31)32-13-17(23(35)37-5-2)22(34)33(24(32)36)12-15-7-6-8-18(26)21(15)25(27,28)29/h6-11,13H,4-5,12H2,1-3H3. The van der Waals surface area contributed by atoms with E-state index in [9.17, 15) is 31.9 Å². The second-order valence-corrected chi connectivity index (χ2v) is 8.16. The summed E-state index contributed by atoms with van der Waals surface area (Å²) in [6.07, 6.45) is -4.09. The van der Waals surface area contributed by atoms with E-state index in [1.54, 1.807) is 18.2 Å². The zero-order valence-electron chi connectivity index (χ0n) is 20.1. The molecule has 2 aromatic carbocycles. The molecule has 0 spiro atoms. The monoisotopic (exact) mass is 518 g/mol. The number of fused-ring (bicyclic) bond motifs is 1. The number of rotatable bonds is 6. The fourth-order valence-electron chi connectivity index (χ4n) is 4.25. The number of aryl methyl sites for hydroxylation is 2. The van der Waals surface area contributed by atoms with Crippen molar-refractivity contribution in [2.24, 2.45) is 0 Å². The molecule has 0 radical (unpaired) electrons. The Morgan fingerprint density at radius 3 is 2.46 bits per heavy atom. The van der Waals surface area contributed by atoms with Crippen LogP contribution in [0.4, 0.5) is 17.6 Å². The molecule has 0 fully saturated rings. The number of benzene rings is 2. The fourth-order valence-corrected chi connectivity index (χ4v) is 4.25. The summed E-state index contributed by atoms with van der Waals surface area (Å²) < 4.78 is 63.2. The molecule has 0 N–H and O–H groups in total. The molecule has 0 saturated heterocycles. The Balaban J connectivity index is 1.97. The number of carbonyl (C=O) groups excluding carboxylic acids is 1. The van der Waals surface area contributed by atoms with E-state index in [4.69, 9.17) is 4.74 Å². The zero-order chi connectivity index (χ0) is 27.1. The second-order valence-electron chi connectivity index (χ2n) is 8.16. The predicted molar refractivity (Wildman–Crippen MR) is 126 cm³/mol. The third-order valence-corrected chi connectivity index (χ3v) is 5.90. The van der Waals surface area contributed by atoms with Crippen LogP contribution in [-0.2, 0) is 24.0 Å². The summed E-state index contributed by atoms with van der Waals surface area (Å²) in [5.74, 6) is -1.88. The number of aromatic nitrogens is 4. The van der Waals surface area contributed by atoms with Gasteiger partial charge in [-0.25, -0.2) is 19.0 Å². The van der Waals surface area contributed by atoms with Gasteiger partial charge < -0.3 is 9.30 Å². The first kappa shape index (κ1) is 25.9. The molecular weight excluding hydrogens is 496 g/mol. The molecule has 0 unspecified atom stereocenters. The van der Waals surface area contributed by atoms with Crippen LogP contribution in [0, 0.1) is 12.7 Å². The zero-order valence-corrected chi connectivity index (χ0v) is 20.1. The van der Waals surface area contributed by atoms with E-state index in [0.29, 0.717) is 22.7 Å². The topological polar surface area (TPSA) is 88.1 Å². The van der Waals surface area contributed by atoms with Crippen LogP contribution in [0.25, 0.3) is 16.7 Å². The quantitative estimate of drug-likeness (QED) is 0.284. The Morgan fingerprint density at radius 2 is 1.81 bits per heavy atom. The van der Waals surface area contributed by atoms with Gasteiger partial charge in [-0.3, -0.25) is 13.9 Å². The van der Waals surface area contributed by atoms with Crippen molar-refractivity contribution in [3.05, 3.63) is 91.8 Å². The van der Waals surface area contributed by atoms with E-state index in [1.165, 1.54) is 6.92 Å². The Hall–Kier alpha value is -4.22. The Kier molecular flexibility index (Phi) is 6.76. The van der Waals surface area contributed by atoms with Crippen LogP contribution in [0.2, 0.25) is 0 Å². The molecular formula is C25H22F4N4O4.